The molecule has 0 radical (unpaired) electrons. The molecule has 6 heteroatoms. The summed E-state index contributed by atoms with van der Waals surface area (Å²) in [5, 5.41) is 12.8. The van der Waals surface area contributed by atoms with Gasteiger partial charge in [0.05, 0.1) is 5.39 Å². The normalized spacial score (nSPS) is 10.7. The van der Waals surface area contributed by atoms with Crippen LogP contribution in [0.15, 0.2) is 12.4 Å². The van der Waals surface area contributed by atoms with Gasteiger partial charge < -0.3 is 10.4 Å². The van der Waals surface area contributed by atoms with Gasteiger partial charge in [0.2, 0.25) is 0 Å². The van der Waals surface area contributed by atoms with Crippen molar-refractivity contribution in [3.8, 4) is 0 Å². The van der Waals surface area contributed by atoms with Crippen molar-refractivity contribution in [3.63, 3.8) is 0 Å². The molecule has 2 rings (SSSR count). The molecular weight excluding hydrogens is 250 g/mol. The van der Waals surface area contributed by atoms with E-state index in [0.717, 1.165) is 29.0 Å². The minimum Gasteiger partial charge on any atom is -0.481 e. The molecule has 0 unspecified atom stereocenters. The van der Waals surface area contributed by atoms with Crippen molar-refractivity contribution < 1.29 is 9.90 Å². The van der Waals surface area contributed by atoms with Crippen LogP contribution in [0.25, 0.3) is 10.2 Å². The third-order valence-corrected chi connectivity index (χ3v) is 3.52. The van der Waals surface area contributed by atoms with Gasteiger partial charge in [0.25, 0.3) is 0 Å². The molecule has 0 bridgehead atoms. The van der Waals surface area contributed by atoms with Crippen molar-refractivity contribution in [2.75, 3.05) is 11.9 Å². The standard InChI is InChI=1S/C12H15N3O2S/c1-8-6-9-11(14-7-15-12(9)18-8)13-5-3-2-4-10(16)17/h6-7H,2-5H2,1H3,(H,16,17)(H,13,14,15). The first-order chi connectivity index (χ1) is 8.66. The SMILES string of the molecule is Cc1cc2c(NCCCCC(=O)O)ncnc2s1. The van der Waals surface area contributed by atoms with E-state index in [2.05, 4.69) is 21.4 Å². The lowest BCUT2D eigenvalue weighted by atomic mass is 10.2. The van der Waals surface area contributed by atoms with Crippen LogP contribution in [0, 0.1) is 6.92 Å². The van der Waals surface area contributed by atoms with Gasteiger partial charge in [0.15, 0.2) is 0 Å². The van der Waals surface area contributed by atoms with Crippen LogP contribution in [0.2, 0.25) is 0 Å². The summed E-state index contributed by atoms with van der Waals surface area (Å²) < 4.78 is 0. The maximum absolute atomic E-state index is 10.4. The summed E-state index contributed by atoms with van der Waals surface area (Å²) in [5.74, 6) is 0.0903. The summed E-state index contributed by atoms with van der Waals surface area (Å²) >= 11 is 1.65. The van der Waals surface area contributed by atoms with Gasteiger partial charge in [-0.1, -0.05) is 0 Å². The molecule has 0 saturated heterocycles. The number of fused-ring (bicyclic) bond motifs is 1. The van der Waals surface area contributed by atoms with E-state index in [4.69, 9.17) is 5.11 Å². The maximum Gasteiger partial charge on any atom is 0.303 e. The zero-order valence-electron chi connectivity index (χ0n) is 10.1. The number of aromatic nitrogens is 2. The molecule has 2 N–H and O–H groups in total. The van der Waals surface area contributed by atoms with Gasteiger partial charge in [-0.05, 0) is 25.8 Å². The molecule has 0 aliphatic heterocycles. The van der Waals surface area contributed by atoms with Crippen LogP contribution < -0.4 is 5.32 Å². The molecule has 96 valence electrons. The van der Waals surface area contributed by atoms with Gasteiger partial charge in [0, 0.05) is 17.8 Å². The van der Waals surface area contributed by atoms with E-state index in [0.29, 0.717) is 6.42 Å². The Hall–Kier alpha value is -1.69. The number of rotatable bonds is 6. The summed E-state index contributed by atoms with van der Waals surface area (Å²) in [5.41, 5.74) is 0. The largest absolute Gasteiger partial charge is 0.481 e. The number of carbonyl (C=O) groups is 1. The number of carboxylic acid groups (broad SMARTS) is 1. The van der Waals surface area contributed by atoms with E-state index in [1.807, 2.05) is 6.92 Å². The summed E-state index contributed by atoms with van der Waals surface area (Å²) in [6.45, 7) is 2.78. The molecule has 2 aromatic heterocycles. The van der Waals surface area contributed by atoms with Crippen LogP contribution in [0.4, 0.5) is 5.82 Å². The summed E-state index contributed by atoms with van der Waals surface area (Å²) in [7, 11) is 0. The number of aliphatic carboxylic acids is 1. The van der Waals surface area contributed by atoms with Gasteiger partial charge in [-0.15, -0.1) is 11.3 Å². The summed E-state index contributed by atoms with van der Waals surface area (Å²) in [6, 6.07) is 2.07. The molecule has 0 atom stereocenters. The number of hydrogen-bond acceptors (Lipinski definition) is 5. The number of anilines is 1. The third-order valence-electron chi connectivity index (χ3n) is 2.56. The Bertz CT molecular complexity index is 553. The fourth-order valence-electron chi connectivity index (χ4n) is 1.72. The number of unbranched alkanes of at least 4 members (excludes halogenated alkanes) is 1. The minimum absolute atomic E-state index is 0.221. The van der Waals surface area contributed by atoms with Gasteiger partial charge >= 0.3 is 5.97 Å². The lowest BCUT2D eigenvalue weighted by Gasteiger charge is -2.05. The molecule has 0 aromatic carbocycles. The second-order valence-corrected chi connectivity index (χ2v) is 5.31. The molecular formula is C12H15N3O2S. The number of thiophene rings is 1. The van der Waals surface area contributed by atoms with Crippen LogP contribution in [0.5, 0.6) is 0 Å². The Morgan fingerprint density at radius 2 is 2.28 bits per heavy atom. The molecule has 0 fully saturated rings. The first-order valence-corrected chi connectivity index (χ1v) is 6.65. The average molecular weight is 265 g/mol. The molecule has 0 aliphatic carbocycles. The van der Waals surface area contributed by atoms with Crippen LogP contribution in [-0.2, 0) is 4.79 Å². The van der Waals surface area contributed by atoms with E-state index in [1.165, 1.54) is 4.88 Å². The molecule has 0 amide bonds. The Labute approximate surface area is 109 Å². The number of aryl methyl sites for hydroxylation is 1. The highest BCUT2D eigenvalue weighted by Crippen LogP contribution is 2.27. The van der Waals surface area contributed by atoms with Gasteiger partial charge in [-0.2, -0.15) is 0 Å². The molecule has 0 aliphatic rings. The third kappa shape index (κ3) is 3.16. The second-order valence-electron chi connectivity index (χ2n) is 4.08. The highest BCUT2D eigenvalue weighted by molar-refractivity contribution is 7.18. The fourth-order valence-corrected chi connectivity index (χ4v) is 2.57. The van der Waals surface area contributed by atoms with Crippen molar-refractivity contribution in [2.45, 2.75) is 26.2 Å². The van der Waals surface area contributed by atoms with Crippen molar-refractivity contribution in [2.24, 2.45) is 0 Å². The second kappa shape index (κ2) is 5.77. The first kappa shape index (κ1) is 12.8. The zero-order valence-corrected chi connectivity index (χ0v) is 11.0. The summed E-state index contributed by atoms with van der Waals surface area (Å²) in [4.78, 5) is 21.0. The smallest absolute Gasteiger partial charge is 0.303 e. The van der Waals surface area contributed by atoms with Crippen LogP contribution >= 0.6 is 11.3 Å². The van der Waals surface area contributed by atoms with Crippen molar-refractivity contribution in [1.82, 2.24) is 9.97 Å². The summed E-state index contributed by atoms with van der Waals surface area (Å²) in [6.07, 6.45) is 3.27. The van der Waals surface area contributed by atoms with E-state index in [1.54, 1.807) is 17.7 Å². The molecule has 0 spiro atoms. The average Bonchev–Trinajstić information content (AvgIpc) is 2.69. The number of nitrogens with one attached hydrogen (secondary N) is 1. The Morgan fingerprint density at radius 1 is 1.44 bits per heavy atom. The van der Waals surface area contributed by atoms with Gasteiger partial charge in [0.1, 0.15) is 17.0 Å². The van der Waals surface area contributed by atoms with Crippen LogP contribution in [0.3, 0.4) is 0 Å². The fraction of sp³-hybridized carbons (Fsp3) is 0.417. The van der Waals surface area contributed by atoms with Crippen LogP contribution in [-0.4, -0.2) is 27.6 Å². The number of carboxylic acids is 1. The zero-order chi connectivity index (χ0) is 13.0. The van der Waals surface area contributed by atoms with Crippen LogP contribution in [0.1, 0.15) is 24.1 Å². The Morgan fingerprint density at radius 3 is 3.06 bits per heavy atom. The number of hydrogen-bond donors (Lipinski definition) is 2. The monoisotopic (exact) mass is 265 g/mol. The lowest BCUT2D eigenvalue weighted by molar-refractivity contribution is -0.137. The van der Waals surface area contributed by atoms with Crippen molar-refractivity contribution in [1.29, 1.82) is 0 Å². The highest BCUT2D eigenvalue weighted by atomic mass is 32.1. The lowest BCUT2D eigenvalue weighted by Crippen LogP contribution is -2.05. The minimum atomic E-state index is -0.743. The van der Waals surface area contributed by atoms with E-state index in [9.17, 15) is 4.79 Å². The number of nitrogens with zero attached hydrogens (tertiary/aromatic N) is 2. The predicted octanol–water partition coefficient (Wildman–Crippen LogP) is 2.67. The van der Waals surface area contributed by atoms with Crippen molar-refractivity contribution in [3.05, 3.63) is 17.3 Å². The maximum atomic E-state index is 10.4. The topological polar surface area (TPSA) is 75.1 Å². The quantitative estimate of drug-likeness (QED) is 0.785. The molecule has 2 heterocycles. The van der Waals surface area contributed by atoms with E-state index in [-0.39, 0.29) is 6.42 Å². The molecule has 2 aromatic rings. The molecule has 5 nitrogen and oxygen atoms in total. The predicted molar refractivity (Wildman–Crippen MR) is 72.1 cm³/mol. The van der Waals surface area contributed by atoms with Crippen molar-refractivity contribution >= 4 is 33.3 Å². The van der Waals surface area contributed by atoms with E-state index < -0.39 is 5.97 Å². The van der Waals surface area contributed by atoms with E-state index >= 15 is 0 Å². The molecule has 0 saturated carbocycles. The Balaban J connectivity index is 1.93. The van der Waals surface area contributed by atoms with Gasteiger partial charge in [-0.3, -0.25) is 4.79 Å². The molecule has 18 heavy (non-hydrogen) atoms. The first-order valence-electron chi connectivity index (χ1n) is 5.83. The highest BCUT2D eigenvalue weighted by Gasteiger charge is 2.06. The van der Waals surface area contributed by atoms with Gasteiger partial charge in [-0.25, -0.2) is 9.97 Å². The Kier molecular flexibility index (Phi) is 4.09.